The van der Waals surface area contributed by atoms with Crippen molar-refractivity contribution >= 4 is 40.1 Å². The Morgan fingerprint density at radius 2 is 2.03 bits per heavy atom. The summed E-state index contributed by atoms with van der Waals surface area (Å²) in [6.07, 6.45) is 0.658. The molecule has 2 aromatic rings. The number of aromatic nitrogens is 1. The zero-order valence-corrected chi connectivity index (χ0v) is 19.7. The summed E-state index contributed by atoms with van der Waals surface area (Å²) in [7, 11) is 1.15. The van der Waals surface area contributed by atoms with Gasteiger partial charge in [0.25, 0.3) is 0 Å². The predicted octanol–water partition coefficient (Wildman–Crippen LogP) is 3.27. The van der Waals surface area contributed by atoms with E-state index in [4.69, 9.17) is 26.2 Å². The molecule has 0 aliphatic rings. The van der Waals surface area contributed by atoms with Crippen LogP contribution < -0.4 is 15.4 Å². The molecule has 182 valence electrons. The maximum Gasteiger partial charge on any atom is 0.346 e. The number of nitrogens with one attached hydrogen (secondary N) is 2. The van der Waals surface area contributed by atoms with E-state index in [1.807, 2.05) is 11.8 Å². The molecule has 1 heterocycles. The van der Waals surface area contributed by atoms with Gasteiger partial charge in [0.1, 0.15) is 23.2 Å². The minimum absolute atomic E-state index is 0.0629. The van der Waals surface area contributed by atoms with Crippen LogP contribution in [0, 0.1) is 11.6 Å². The van der Waals surface area contributed by atoms with Gasteiger partial charge in [-0.05, 0) is 43.2 Å². The third kappa shape index (κ3) is 7.77. The largest absolute Gasteiger partial charge is 0.471 e. The molecule has 0 spiro atoms. The molecule has 0 radical (unpaired) electrons. The highest BCUT2D eigenvalue weighted by Crippen LogP contribution is 2.32. The molecule has 0 saturated heterocycles. The zero-order valence-electron chi connectivity index (χ0n) is 18.1. The molecule has 0 aliphatic carbocycles. The third-order valence-electron chi connectivity index (χ3n) is 4.53. The Hall–Kier alpha value is -2.54. The van der Waals surface area contributed by atoms with Crippen LogP contribution in [0.3, 0.4) is 0 Å². The lowest BCUT2D eigenvalue weighted by Crippen LogP contribution is -2.33. The number of aliphatic hydroxyl groups excluding tert-OH is 1. The Morgan fingerprint density at radius 3 is 2.70 bits per heavy atom. The number of amides is 2. The number of hydrogen-bond acceptors (Lipinski definition) is 8. The highest BCUT2D eigenvalue weighted by atomic mass is 35.5. The van der Waals surface area contributed by atoms with E-state index in [0.29, 0.717) is 26.1 Å². The number of benzene rings is 1. The fourth-order valence-electron chi connectivity index (χ4n) is 2.78. The van der Waals surface area contributed by atoms with Crippen LogP contribution in [0.4, 0.5) is 18.6 Å². The Labute approximate surface area is 198 Å². The minimum atomic E-state index is -0.820. The second-order valence-corrected chi connectivity index (χ2v) is 7.90. The molecule has 2 amide bonds. The van der Waals surface area contributed by atoms with E-state index in [-0.39, 0.29) is 33.6 Å². The van der Waals surface area contributed by atoms with Crippen molar-refractivity contribution in [3.63, 3.8) is 0 Å². The van der Waals surface area contributed by atoms with Crippen molar-refractivity contribution in [1.82, 2.24) is 14.6 Å². The summed E-state index contributed by atoms with van der Waals surface area (Å²) in [6, 6.07) is 1.14. The van der Waals surface area contributed by atoms with Crippen molar-refractivity contribution in [2.24, 2.45) is 0 Å². The standard InChI is InChI=1S/C20H25ClF2N4O5S/c1-3-27(7-8-28)6-4-5-24-20(30)25-18-16(19(29)31-2)17(26-33-18)32-11-12-9-15(23)13(21)10-14(12)22/h9-10,28H,3-8,11H2,1-2H3,(H2,24,25,30). The summed E-state index contributed by atoms with van der Waals surface area (Å²) < 4.78 is 41.7. The summed E-state index contributed by atoms with van der Waals surface area (Å²) in [4.78, 5) is 26.5. The number of nitrogens with zero attached hydrogens (tertiary/aromatic N) is 2. The molecule has 0 aliphatic heterocycles. The number of rotatable bonds is 12. The van der Waals surface area contributed by atoms with Gasteiger partial charge in [-0.1, -0.05) is 18.5 Å². The van der Waals surface area contributed by atoms with Gasteiger partial charge in [-0.15, -0.1) is 0 Å². The molecule has 0 bridgehead atoms. The smallest absolute Gasteiger partial charge is 0.346 e. The predicted molar refractivity (Wildman–Crippen MR) is 120 cm³/mol. The van der Waals surface area contributed by atoms with Crippen LogP contribution in [0.1, 0.15) is 29.3 Å². The second-order valence-electron chi connectivity index (χ2n) is 6.72. The fourth-order valence-corrected chi connectivity index (χ4v) is 3.65. The quantitative estimate of drug-likeness (QED) is 0.230. The Bertz CT molecular complexity index is 963. The van der Waals surface area contributed by atoms with Crippen LogP contribution in [0.5, 0.6) is 5.88 Å². The van der Waals surface area contributed by atoms with E-state index >= 15 is 0 Å². The fraction of sp³-hybridized carbons (Fsp3) is 0.450. The van der Waals surface area contributed by atoms with Crippen LogP contribution in [-0.2, 0) is 11.3 Å². The normalized spacial score (nSPS) is 10.9. The molecule has 0 atom stereocenters. The molecule has 33 heavy (non-hydrogen) atoms. The number of ether oxygens (including phenoxy) is 2. The molecule has 2 rings (SSSR count). The third-order valence-corrected chi connectivity index (χ3v) is 5.57. The minimum Gasteiger partial charge on any atom is -0.471 e. The second kappa shape index (κ2) is 13.2. The molecule has 1 aromatic carbocycles. The van der Waals surface area contributed by atoms with Crippen LogP contribution in [0.25, 0.3) is 0 Å². The van der Waals surface area contributed by atoms with Gasteiger partial charge in [0, 0.05) is 18.7 Å². The lowest BCUT2D eigenvalue weighted by molar-refractivity contribution is 0.0596. The lowest BCUT2D eigenvalue weighted by atomic mass is 10.2. The van der Waals surface area contributed by atoms with E-state index in [0.717, 1.165) is 37.3 Å². The number of aliphatic hydroxyl groups is 1. The van der Waals surface area contributed by atoms with Gasteiger partial charge in [0.05, 0.1) is 18.7 Å². The van der Waals surface area contributed by atoms with Crippen molar-refractivity contribution in [2.45, 2.75) is 20.0 Å². The molecule has 0 unspecified atom stereocenters. The van der Waals surface area contributed by atoms with Crippen molar-refractivity contribution < 1.29 is 33.0 Å². The van der Waals surface area contributed by atoms with E-state index in [1.54, 1.807) is 0 Å². The Kier molecular flexibility index (Phi) is 10.7. The first kappa shape index (κ1) is 26.7. The molecule has 0 fully saturated rings. The number of methoxy groups -OCH3 is 1. The summed E-state index contributed by atoms with van der Waals surface area (Å²) in [5.74, 6) is -2.62. The number of halogens is 3. The number of carbonyl (C=O) groups excluding carboxylic acids is 2. The SMILES string of the molecule is CCN(CCO)CCCNC(=O)Nc1snc(OCc2cc(F)c(Cl)cc2F)c1C(=O)OC. The van der Waals surface area contributed by atoms with Gasteiger partial charge in [-0.3, -0.25) is 5.32 Å². The summed E-state index contributed by atoms with van der Waals surface area (Å²) in [5, 5.41) is 13.9. The van der Waals surface area contributed by atoms with Gasteiger partial charge < -0.3 is 24.8 Å². The Morgan fingerprint density at radius 1 is 1.27 bits per heavy atom. The number of urea groups is 1. The molecule has 13 heteroatoms. The lowest BCUT2D eigenvalue weighted by Gasteiger charge is -2.18. The molecule has 0 saturated carbocycles. The highest BCUT2D eigenvalue weighted by Gasteiger charge is 2.25. The van der Waals surface area contributed by atoms with E-state index in [1.165, 1.54) is 0 Å². The maximum atomic E-state index is 14.0. The number of hydrogen-bond donors (Lipinski definition) is 3. The van der Waals surface area contributed by atoms with Gasteiger partial charge in [0.2, 0.25) is 5.88 Å². The first-order valence-electron chi connectivity index (χ1n) is 10.0. The monoisotopic (exact) mass is 506 g/mol. The first-order valence-corrected chi connectivity index (χ1v) is 11.2. The molecule has 1 aromatic heterocycles. The summed E-state index contributed by atoms with van der Waals surface area (Å²) >= 11 is 6.31. The van der Waals surface area contributed by atoms with Gasteiger partial charge in [-0.25, -0.2) is 18.4 Å². The number of anilines is 1. The van der Waals surface area contributed by atoms with Crippen LogP contribution in [0.2, 0.25) is 5.02 Å². The van der Waals surface area contributed by atoms with Crippen molar-refractivity contribution in [2.75, 3.05) is 45.2 Å². The van der Waals surface area contributed by atoms with Crippen molar-refractivity contribution in [3.05, 3.63) is 39.9 Å². The molecular weight excluding hydrogens is 482 g/mol. The highest BCUT2D eigenvalue weighted by molar-refractivity contribution is 7.11. The van der Waals surface area contributed by atoms with E-state index < -0.39 is 30.2 Å². The van der Waals surface area contributed by atoms with Crippen molar-refractivity contribution in [3.8, 4) is 5.88 Å². The number of likely N-dealkylation sites (N-methyl/N-ethyl adjacent to an activating group) is 1. The zero-order chi connectivity index (χ0) is 24.4. The molecule has 3 N–H and O–H groups in total. The number of carbonyl (C=O) groups is 2. The average Bonchev–Trinajstić information content (AvgIpc) is 3.19. The summed E-state index contributed by atoms with van der Waals surface area (Å²) in [6.45, 7) is 4.02. The first-order chi connectivity index (χ1) is 15.8. The topological polar surface area (TPSA) is 113 Å². The number of esters is 1. The maximum absolute atomic E-state index is 14.0. The van der Waals surface area contributed by atoms with Gasteiger partial charge >= 0.3 is 12.0 Å². The summed E-state index contributed by atoms with van der Waals surface area (Å²) in [5.41, 5.74) is -0.275. The Balaban J connectivity index is 2.00. The molecular formula is C20H25ClF2N4O5S. The van der Waals surface area contributed by atoms with E-state index in [2.05, 4.69) is 15.0 Å². The van der Waals surface area contributed by atoms with Gasteiger partial charge in [0.15, 0.2) is 5.56 Å². The molecule has 9 nitrogen and oxygen atoms in total. The van der Waals surface area contributed by atoms with Gasteiger partial charge in [-0.2, -0.15) is 4.37 Å². The van der Waals surface area contributed by atoms with Crippen LogP contribution in [0.15, 0.2) is 12.1 Å². The van der Waals surface area contributed by atoms with Crippen LogP contribution >= 0.6 is 23.1 Å². The average molecular weight is 507 g/mol. The van der Waals surface area contributed by atoms with E-state index in [9.17, 15) is 18.4 Å². The van der Waals surface area contributed by atoms with Crippen LogP contribution in [-0.4, -0.2) is 66.3 Å². The van der Waals surface area contributed by atoms with Crippen molar-refractivity contribution in [1.29, 1.82) is 0 Å².